The molecule has 0 bridgehead atoms. The maximum absolute atomic E-state index is 4.99. The van der Waals surface area contributed by atoms with Crippen molar-refractivity contribution in [2.75, 3.05) is 7.11 Å². The van der Waals surface area contributed by atoms with Crippen LogP contribution in [0.4, 0.5) is 0 Å². The van der Waals surface area contributed by atoms with E-state index in [1.165, 1.54) is 9.83 Å². The molecule has 1 nitrogen and oxygen atoms in total. The first-order valence-electron chi connectivity index (χ1n) is 2.13. The Hall–Kier alpha value is 2.94. The Balaban J connectivity index is 3.39. The second-order valence-corrected chi connectivity index (χ2v) is 16.6. The maximum atomic E-state index is 4.99. The summed E-state index contributed by atoms with van der Waals surface area (Å²) in [6.07, 6.45) is 0. The van der Waals surface area contributed by atoms with Gasteiger partial charge in [-0.25, -0.2) is 0 Å². The summed E-state index contributed by atoms with van der Waals surface area (Å²) in [5, 5.41) is 0. The van der Waals surface area contributed by atoms with Crippen LogP contribution in [0.1, 0.15) is 0 Å². The van der Waals surface area contributed by atoms with Crippen molar-refractivity contribution in [3.8, 4) is 0 Å². The van der Waals surface area contributed by atoms with Gasteiger partial charge >= 0.3 is 0 Å². The second kappa shape index (κ2) is 8.27. The van der Waals surface area contributed by atoms with E-state index in [4.69, 9.17) is 26.6 Å². The van der Waals surface area contributed by atoms with Gasteiger partial charge in [-0.3, -0.25) is 0 Å². The zero-order chi connectivity index (χ0) is 8.74. The van der Waals surface area contributed by atoms with Crippen molar-refractivity contribution in [2.24, 2.45) is 0 Å². The Morgan fingerprint density at radius 1 is 1.45 bits per heavy atom. The maximum Gasteiger partial charge on any atom is 0.279 e. The summed E-state index contributed by atoms with van der Waals surface area (Å²) in [7, 11) is 8.10. The zero-order valence-corrected chi connectivity index (χ0v) is 13.2. The third-order valence-electron chi connectivity index (χ3n) is 0.436. The fourth-order valence-corrected chi connectivity index (χ4v) is 14.8. The monoisotopic (exact) mass is 394 g/mol. The molecule has 0 saturated heterocycles. The minimum atomic E-state index is -1.69. The highest BCUT2D eigenvalue weighted by Gasteiger charge is 2.01. The number of rotatable bonds is 6. The van der Waals surface area contributed by atoms with Gasteiger partial charge in [0.15, 0.2) is 0 Å². The van der Waals surface area contributed by atoms with Crippen molar-refractivity contribution >= 4 is 95.7 Å². The van der Waals surface area contributed by atoms with Crippen LogP contribution < -0.4 is 0 Å². The summed E-state index contributed by atoms with van der Waals surface area (Å²) < 4.78 is 6.02. The van der Waals surface area contributed by atoms with Crippen LogP contribution in [0.5, 0.6) is 0 Å². The van der Waals surface area contributed by atoms with E-state index in [2.05, 4.69) is 22.4 Å². The van der Waals surface area contributed by atoms with Gasteiger partial charge in [0.05, 0.1) is 13.6 Å². The number of hydrogen-bond acceptors (Lipinski definition) is 7. The molecule has 0 aliphatic heterocycles. The van der Waals surface area contributed by atoms with Crippen LogP contribution in [0.3, 0.4) is 0 Å². The van der Waals surface area contributed by atoms with Crippen molar-refractivity contribution in [1.29, 1.82) is 0 Å². The summed E-state index contributed by atoms with van der Waals surface area (Å²) in [5.74, 6) is 0. The van der Waals surface area contributed by atoms with Crippen molar-refractivity contribution in [1.82, 2.24) is 0 Å². The van der Waals surface area contributed by atoms with E-state index >= 15 is 0 Å². The first-order valence-corrected chi connectivity index (χ1v) is 12.6. The largest absolute Gasteiger partial charge is 0.305 e. The van der Waals surface area contributed by atoms with Crippen molar-refractivity contribution in [2.45, 2.75) is 0 Å². The fourth-order valence-electron chi connectivity index (χ4n) is 0.111. The molecule has 0 spiro atoms. The average Bonchev–Trinajstić information content (AvgIpc) is 1.99. The van der Waals surface area contributed by atoms with Crippen LogP contribution in [0.25, 0.3) is 0 Å². The number of halogens is 1. The second-order valence-electron chi connectivity index (χ2n) is 1.01. The van der Waals surface area contributed by atoms with Gasteiger partial charge < -0.3 is 4.18 Å². The van der Waals surface area contributed by atoms with Crippen LogP contribution in [0.2, 0.25) is 0 Å². The van der Waals surface area contributed by atoms with Crippen molar-refractivity contribution < 1.29 is 4.18 Å². The number of hydrogen-bond donors (Lipinski definition) is 0. The Morgan fingerprint density at radius 3 is 2.55 bits per heavy atom. The van der Waals surface area contributed by atoms with Gasteiger partial charge in [-0.05, 0) is 32.2 Å². The molecule has 0 rings (SSSR count). The molecule has 0 saturated carbocycles. The first-order chi connectivity index (χ1) is 5.12. The Kier molecular flexibility index (Phi) is 10.5. The van der Waals surface area contributed by atoms with Crippen LogP contribution in [-0.2, 0) is 33.0 Å². The lowest BCUT2D eigenvalue weighted by molar-refractivity contribution is 0.491. The molecule has 0 aromatic heterocycles. The van der Waals surface area contributed by atoms with Crippen LogP contribution >= 0.6 is 62.5 Å². The Bertz CT molecular complexity index is 177. The minimum Gasteiger partial charge on any atom is -0.305 e. The van der Waals surface area contributed by atoms with Crippen molar-refractivity contribution in [3.05, 3.63) is 0 Å². The quantitative estimate of drug-likeness (QED) is 0.293. The molecule has 11 heavy (non-hydrogen) atoms. The Labute approximate surface area is 105 Å². The molecule has 0 unspecified atom stereocenters. The van der Waals surface area contributed by atoms with E-state index < -0.39 is 6.46 Å². The molecule has 0 fully saturated rings. The van der Waals surface area contributed by atoms with Gasteiger partial charge in [0.25, 0.3) is 4.41 Å². The standard InChI is InChI=1S/CH4BIOS7/c1-4-11(5,6)10-9-8-7-2-3/h2H,1H3. The third kappa shape index (κ3) is 9.25. The fraction of sp³-hybridized carbons (Fsp3) is 1.00. The summed E-state index contributed by atoms with van der Waals surface area (Å²) in [6, 6.07) is 0. The molecular weight excluding hydrogens is 390 g/mol. The van der Waals surface area contributed by atoms with Gasteiger partial charge in [0.2, 0.25) is 0 Å². The van der Waals surface area contributed by atoms with Crippen LogP contribution in [-0.4, -0.2) is 11.5 Å². The summed E-state index contributed by atoms with van der Waals surface area (Å²) in [5.41, 5.74) is 0. The topological polar surface area (TPSA) is 9.23 Å². The van der Waals surface area contributed by atoms with E-state index in [0.717, 1.165) is 4.41 Å². The summed E-state index contributed by atoms with van der Waals surface area (Å²) >= 11 is 12.3. The molecule has 0 aliphatic carbocycles. The first kappa shape index (κ1) is 13.9. The Morgan fingerprint density at radius 2 is 2.09 bits per heavy atom. The molecule has 0 radical (unpaired) electrons. The van der Waals surface area contributed by atoms with Gasteiger partial charge in [0.1, 0.15) is 0 Å². The van der Waals surface area contributed by atoms with Crippen molar-refractivity contribution in [3.63, 3.8) is 0 Å². The average molecular weight is 394 g/mol. The summed E-state index contributed by atoms with van der Waals surface area (Å²) in [6.45, 7) is -1.69. The highest BCUT2D eigenvalue weighted by atomic mass is 127. The molecule has 0 heterocycles. The SMILES string of the molecule is COS(=S)(=S)SSSSBI. The van der Waals surface area contributed by atoms with Crippen LogP contribution in [0.15, 0.2) is 0 Å². The normalized spacial score (nSPS) is 11.5. The van der Waals surface area contributed by atoms with Gasteiger partial charge in [0, 0.05) is 19.7 Å². The molecular formula is CH4BIOS7. The predicted octanol–water partition coefficient (Wildman–Crippen LogP) is 2.92. The third-order valence-corrected chi connectivity index (χ3v) is 15.6. The lowest BCUT2D eigenvalue weighted by Crippen LogP contribution is -1.87. The van der Waals surface area contributed by atoms with E-state index in [9.17, 15) is 0 Å². The van der Waals surface area contributed by atoms with E-state index in [-0.39, 0.29) is 0 Å². The van der Waals surface area contributed by atoms with E-state index in [0.29, 0.717) is 0 Å². The van der Waals surface area contributed by atoms with E-state index in [1.807, 2.05) is 0 Å². The molecule has 0 aliphatic rings. The van der Waals surface area contributed by atoms with Gasteiger partial charge in [-0.1, -0.05) is 0 Å². The van der Waals surface area contributed by atoms with Crippen LogP contribution in [0, 0.1) is 0 Å². The lowest BCUT2D eigenvalue weighted by atomic mass is 10.8. The highest BCUT2D eigenvalue weighted by Crippen LogP contribution is 2.45. The lowest BCUT2D eigenvalue weighted by Gasteiger charge is -2.03. The minimum absolute atomic E-state index is 1.07. The van der Waals surface area contributed by atoms with Gasteiger partial charge in [-0.2, -0.15) is 0 Å². The van der Waals surface area contributed by atoms with E-state index in [1.54, 1.807) is 37.4 Å². The molecule has 0 amide bonds. The molecule has 0 aromatic rings. The molecule has 0 atom stereocenters. The smallest absolute Gasteiger partial charge is 0.279 e. The zero-order valence-electron chi connectivity index (χ0n) is 5.35. The van der Waals surface area contributed by atoms with Gasteiger partial charge in [-0.15, -0.1) is 33.0 Å². The highest BCUT2D eigenvalue weighted by molar-refractivity contribution is 14.1. The summed E-state index contributed by atoms with van der Waals surface area (Å²) in [4.78, 5) is 0. The molecule has 0 aromatic carbocycles. The molecule has 0 N–H and O–H groups in total. The molecule has 10 heteroatoms. The predicted molar refractivity (Wildman–Crippen MR) is 80.6 cm³/mol. The molecule has 66 valence electrons.